The van der Waals surface area contributed by atoms with Crippen LogP contribution in [0.3, 0.4) is 0 Å². The molecule has 0 saturated carbocycles. The smallest absolute Gasteiger partial charge is 0.158 e. The summed E-state index contributed by atoms with van der Waals surface area (Å²) in [7, 11) is 3.27. The Morgan fingerprint density at radius 1 is 1.12 bits per heavy atom. The van der Waals surface area contributed by atoms with Gasteiger partial charge in [-0.3, -0.25) is 0 Å². The molecule has 3 rings (SSSR count). The minimum absolute atomic E-state index is 0.654. The fourth-order valence-corrected chi connectivity index (χ4v) is 2.67. The molecule has 0 fully saturated rings. The minimum atomic E-state index is 0.654. The number of benzene rings is 1. The number of rotatable bonds is 6. The van der Waals surface area contributed by atoms with Crippen LogP contribution in [0.25, 0.3) is 16.9 Å². The molecular formula is C19H22N4O2. The lowest BCUT2D eigenvalue weighted by Crippen LogP contribution is -2.09. The van der Waals surface area contributed by atoms with E-state index in [-0.39, 0.29) is 0 Å². The topological polar surface area (TPSA) is 60.7 Å². The molecule has 0 saturated heterocycles. The monoisotopic (exact) mass is 338 g/mol. The van der Waals surface area contributed by atoms with Gasteiger partial charge in [0.15, 0.2) is 5.65 Å². The molecule has 0 atom stereocenters. The van der Waals surface area contributed by atoms with Crippen molar-refractivity contribution in [1.82, 2.24) is 14.6 Å². The Morgan fingerprint density at radius 2 is 1.80 bits per heavy atom. The van der Waals surface area contributed by atoms with E-state index in [1.54, 1.807) is 14.2 Å². The Hall–Kier alpha value is -3.02. The molecule has 0 spiro atoms. The Labute approximate surface area is 147 Å². The fraction of sp³-hybridized carbons (Fsp3) is 0.263. The van der Waals surface area contributed by atoms with Crippen LogP contribution in [0.1, 0.15) is 11.3 Å². The molecule has 0 amide bonds. The Morgan fingerprint density at radius 3 is 2.40 bits per heavy atom. The average molecular weight is 338 g/mol. The van der Waals surface area contributed by atoms with Crippen molar-refractivity contribution in [2.24, 2.45) is 0 Å². The van der Waals surface area contributed by atoms with Gasteiger partial charge in [-0.1, -0.05) is 6.08 Å². The van der Waals surface area contributed by atoms with Crippen molar-refractivity contribution in [1.29, 1.82) is 0 Å². The predicted molar refractivity (Wildman–Crippen MR) is 99.7 cm³/mol. The van der Waals surface area contributed by atoms with E-state index in [0.717, 1.165) is 45.5 Å². The third-order valence-corrected chi connectivity index (χ3v) is 4.14. The number of fused-ring (bicyclic) bond motifs is 1. The van der Waals surface area contributed by atoms with Crippen LogP contribution >= 0.6 is 0 Å². The van der Waals surface area contributed by atoms with Gasteiger partial charge in [0.25, 0.3) is 0 Å². The first-order valence-electron chi connectivity index (χ1n) is 8.02. The number of nitrogens with zero attached hydrogens (tertiary/aromatic N) is 3. The molecule has 0 aliphatic carbocycles. The van der Waals surface area contributed by atoms with Crippen LogP contribution in [0, 0.1) is 13.8 Å². The third-order valence-electron chi connectivity index (χ3n) is 4.14. The van der Waals surface area contributed by atoms with Gasteiger partial charge in [0.2, 0.25) is 0 Å². The summed E-state index contributed by atoms with van der Waals surface area (Å²) in [5.74, 6) is 2.36. The van der Waals surface area contributed by atoms with Gasteiger partial charge in [0.1, 0.15) is 17.3 Å². The van der Waals surface area contributed by atoms with E-state index in [0.29, 0.717) is 6.54 Å². The first-order chi connectivity index (χ1) is 12.1. The third kappa shape index (κ3) is 3.15. The quantitative estimate of drug-likeness (QED) is 0.696. The van der Waals surface area contributed by atoms with Gasteiger partial charge in [0.05, 0.1) is 19.9 Å². The van der Waals surface area contributed by atoms with E-state index >= 15 is 0 Å². The lowest BCUT2D eigenvalue weighted by Gasteiger charge is -2.11. The van der Waals surface area contributed by atoms with E-state index in [1.165, 1.54) is 0 Å². The van der Waals surface area contributed by atoms with Crippen LogP contribution in [0.2, 0.25) is 0 Å². The van der Waals surface area contributed by atoms with E-state index in [2.05, 4.69) is 16.9 Å². The van der Waals surface area contributed by atoms with Gasteiger partial charge in [-0.25, -0.2) is 4.98 Å². The highest BCUT2D eigenvalue weighted by Crippen LogP contribution is 2.30. The summed E-state index contributed by atoms with van der Waals surface area (Å²) >= 11 is 0. The number of hydrogen-bond acceptors (Lipinski definition) is 5. The zero-order valence-corrected chi connectivity index (χ0v) is 15.0. The molecule has 6 nitrogen and oxygen atoms in total. The van der Waals surface area contributed by atoms with E-state index < -0.39 is 0 Å². The Kier molecular flexibility index (Phi) is 4.61. The number of aromatic nitrogens is 3. The van der Waals surface area contributed by atoms with Crippen molar-refractivity contribution in [2.75, 3.05) is 26.1 Å². The van der Waals surface area contributed by atoms with E-state index in [1.807, 2.05) is 48.7 Å². The van der Waals surface area contributed by atoms with Crippen molar-refractivity contribution < 1.29 is 9.47 Å². The van der Waals surface area contributed by atoms with Crippen molar-refractivity contribution in [3.8, 4) is 22.8 Å². The molecule has 6 heteroatoms. The van der Waals surface area contributed by atoms with Crippen molar-refractivity contribution >= 4 is 11.5 Å². The maximum absolute atomic E-state index is 5.35. The second-order valence-electron chi connectivity index (χ2n) is 5.74. The standard InChI is InChI=1S/C19H22N4O2/c1-6-7-20-19-12(2)13(3)21-18-11-17(22-23(18)19)14-8-15(24-4)10-16(9-14)25-5/h6,8-11,20H,1,7H2,2-5H3. The number of hydrogen-bond donors (Lipinski definition) is 1. The molecule has 1 N–H and O–H groups in total. The summed E-state index contributed by atoms with van der Waals surface area (Å²) in [4.78, 5) is 4.65. The maximum atomic E-state index is 5.35. The highest BCUT2D eigenvalue weighted by atomic mass is 16.5. The SMILES string of the molecule is C=CCNc1c(C)c(C)nc2cc(-c3cc(OC)cc(OC)c3)nn12. The highest BCUT2D eigenvalue weighted by molar-refractivity contribution is 5.69. The molecule has 0 aliphatic rings. The van der Waals surface area contributed by atoms with Crippen molar-refractivity contribution in [2.45, 2.75) is 13.8 Å². The van der Waals surface area contributed by atoms with Crippen LogP contribution in [0.5, 0.6) is 11.5 Å². The molecule has 0 bridgehead atoms. The Balaban J connectivity index is 2.17. The molecule has 2 aromatic heterocycles. The lowest BCUT2D eigenvalue weighted by atomic mass is 10.1. The van der Waals surface area contributed by atoms with Crippen molar-refractivity contribution in [3.63, 3.8) is 0 Å². The summed E-state index contributed by atoms with van der Waals surface area (Å²) in [5, 5.41) is 8.08. The second-order valence-corrected chi connectivity index (χ2v) is 5.74. The van der Waals surface area contributed by atoms with Gasteiger partial charge >= 0.3 is 0 Å². The molecule has 0 unspecified atom stereocenters. The normalized spacial score (nSPS) is 10.7. The molecule has 2 heterocycles. The summed E-state index contributed by atoms with van der Waals surface area (Å²) in [5.41, 5.74) is 4.52. The summed E-state index contributed by atoms with van der Waals surface area (Å²) in [6, 6.07) is 7.66. The number of ether oxygens (including phenoxy) is 2. The molecule has 0 radical (unpaired) electrons. The fourth-order valence-electron chi connectivity index (χ4n) is 2.67. The first kappa shape index (κ1) is 16.8. The van der Waals surface area contributed by atoms with Gasteiger partial charge in [-0.05, 0) is 26.0 Å². The van der Waals surface area contributed by atoms with Crippen LogP contribution in [-0.2, 0) is 0 Å². The largest absolute Gasteiger partial charge is 0.497 e. The van der Waals surface area contributed by atoms with E-state index in [4.69, 9.17) is 14.6 Å². The van der Waals surface area contributed by atoms with Crippen LogP contribution in [0.15, 0.2) is 36.9 Å². The van der Waals surface area contributed by atoms with Crippen LogP contribution in [0.4, 0.5) is 5.82 Å². The number of methoxy groups -OCH3 is 2. The second kappa shape index (κ2) is 6.84. The minimum Gasteiger partial charge on any atom is -0.497 e. The van der Waals surface area contributed by atoms with Gasteiger partial charge < -0.3 is 14.8 Å². The summed E-state index contributed by atoms with van der Waals surface area (Å²) in [6.45, 7) is 8.44. The average Bonchev–Trinajstić information content (AvgIpc) is 3.05. The van der Waals surface area contributed by atoms with Crippen LogP contribution in [-0.4, -0.2) is 35.4 Å². The van der Waals surface area contributed by atoms with Gasteiger partial charge in [-0.15, -0.1) is 6.58 Å². The summed E-state index contributed by atoms with van der Waals surface area (Å²) < 4.78 is 12.5. The molecule has 1 aromatic carbocycles. The molecule has 25 heavy (non-hydrogen) atoms. The predicted octanol–water partition coefficient (Wildman–Crippen LogP) is 3.63. The molecule has 130 valence electrons. The maximum Gasteiger partial charge on any atom is 0.158 e. The highest BCUT2D eigenvalue weighted by Gasteiger charge is 2.14. The van der Waals surface area contributed by atoms with Gasteiger partial charge in [0, 0.05) is 35.5 Å². The zero-order chi connectivity index (χ0) is 18.0. The lowest BCUT2D eigenvalue weighted by molar-refractivity contribution is 0.394. The first-order valence-corrected chi connectivity index (χ1v) is 8.02. The van der Waals surface area contributed by atoms with Crippen LogP contribution < -0.4 is 14.8 Å². The number of anilines is 1. The number of nitrogens with one attached hydrogen (secondary N) is 1. The van der Waals surface area contributed by atoms with Gasteiger partial charge in [-0.2, -0.15) is 9.61 Å². The molecular weight excluding hydrogens is 316 g/mol. The number of aryl methyl sites for hydroxylation is 1. The zero-order valence-electron chi connectivity index (χ0n) is 15.0. The Bertz CT molecular complexity index is 909. The van der Waals surface area contributed by atoms with E-state index in [9.17, 15) is 0 Å². The summed E-state index contributed by atoms with van der Waals surface area (Å²) in [6.07, 6.45) is 1.82. The molecule has 3 aromatic rings. The molecule has 0 aliphatic heterocycles. The van der Waals surface area contributed by atoms with Crippen molar-refractivity contribution in [3.05, 3.63) is 48.2 Å².